The second kappa shape index (κ2) is 14.5. The van der Waals surface area contributed by atoms with E-state index >= 15 is 0 Å². The Kier molecular flexibility index (Phi) is 11.1. The van der Waals surface area contributed by atoms with Gasteiger partial charge in [0.05, 0.1) is 27.0 Å². The van der Waals surface area contributed by atoms with Gasteiger partial charge in [0.2, 0.25) is 21.8 Å². The average Bonchev–Trinajstić information content (AvgIpc) is 2.95. The number of hydrogen-bond acceptors (Lipinski definition) is 6. The number of hydrogen-bond donors (Lipinski definition) is 1. The van der Waals surface area contributed by atoms with Gasteiger partial charge in [-0.2, -0.15) is 4.31 Å². The number of carbonyl (C=O) groups excluding carboxylic acids is 2. The fourth-order valence-corrected chi connectivity index (χ4v) is 4.56. The fourth-order valence-electron chi connectivity index (χ4n) is 4.22. The van der Waals surface area contributed by atoms with Crippen LogP contribution in [0.2, 0.25) is 0 Å². The van der Waals surface area contributed by atoms with Crippen LogP contribution in [0.5, 0.6) is 11.5 Å². The second-order valence-corrected chi connectivity index (χ2v) is 11.6. The summed E-state index contributed by atoms with van der Waals surface area (Å²) >= 11 is 0. The third-order valence-corrected chi connectivity index (χ3v) is 7.81. The first-order chi connectivity index (χ1) is 19.1. The molecule has 3 aromatic rings. The topological polar surface area (TPSA) is 105 Å². The van der Waals surface area contributed by atoms with Crippen molar-refractivity contribution >= 4 is 21.8 Å². The van der Waals surface area contributed by atoms with E-state index in [0.717, 1.165) is 27.3 Å². The van der Waals surface area contributed by atoms with Crippen molar-refractivity contribution in [2.45, 2.75) is 25.4 Å². The molecule has 0 saturated carbocycles. The predicted molar refractivity (Wildman–Crippen MR) is 155 cm³/mol. The van der Waals surface area contributed by atoms with Crippen molar-refractivity contribution in [1.82, 2.24) is 14.5 Å². The Bertz CT molecular complexity index is 1370. The van der Waals surface area contributed by atoms with Crippen molar-refractivity contribution in [3.05, 3.63) is 95.6 Å². The maximum absolute atomic E-state index is 13.7. The second-order valence-electron chi connectivity index (χ2n) is 9.46. The van der Waals surface area contributed by atoms with E-state index in [9.17, 15) is 18.0 Å². The molecule has 0 saturated heterocycles. The minimum atomic E-state index is -3.60. The Balaban J connectivity index is 1.86. The first-order valence-corrected chi connectivity index (χ1v) is 14.7. The van der Waals surface area contributed by atoms with Crippen LogP contribution in [0.4, 0.5) is 0 Å². The maximum atomic E-state index is 13.7. The van der Waals surface area contributed by atoms with Gasteiger partial charge in [-0.3, -0.25) is 9.59 Å². The smallest absolute Gasteiger partial charge is 0.243 e. The van der Waals surface area contributed by atoms with Crippen molar-refractivity contribution in [1.29, 1.82) is 0 Å². The number of rotatable bonds is 14. The Hall–Kier alpha value is -3.89. The number of likely N-dealkylation sites (N-methyl/N-ethyl adjacent to an activating group) is 1. The lowest BCUT2D eigenvalue weighted by Crippen LogP contribution is -2.53. The first kappa shape index (κ1) is 30.6. The normalized spacial score (nSPS) is 12.0. The van der Waals surface area contributed by atoms with Gasteiger partial charge in [0.25, 0.3) is 0 Å². The van der Waals surface area contributed by atoms with Gasteiger partial charge in [-0.1, -0.05) is 66.7 Å². The zero-order valence-electron chi connectivity index (χ0n) is 23.4. The van der Waals surface area contributed by atoms with Gasteiger partial charge in [-0.25, -0.2) is 8.42 Å². The first-order valence-electron chi connectivity index (χ1n) is 12.9. The summed E-state index contributed by atoms with van der Waals surface area (Å²) in [4.78, 5) is 28.7. The molecule has 1 N–H and O–H groups in total. The summed E-state index contributed by atoms with van der Waals surface area (Å²) in [5.74, 6) is 0.429. The molecule has 0 fully saturated rings. The summed E-state index contributed by atoms with van der Waals surface area (Å²) in [7, 11) is 0.889. The molecule has 0 aromatic heterocycles. The summed E-state index contributed by atoms with van der Waals surface area (Å²) < 4.78 is 35.8. The molecule has 214 valence electrons. The summed E-state index contributed by atoms with van der Waals surface area (Å²) in [6.45, 7) is 0.101. The maximum Gasteiger partial charge on any atom is 0.243 e. The lowest BCUT2D eigenvalue weighted by molar-refractivity contribution is -0.141. The molecule has 10 heteroatoms. The van der Waals surface area contributed by atoms with Crippen molar-refractivity contribution in [2.75, 3.05) is 40.6 Å². The highest BCUT2D eigenvalue weighted by Crippen LogP contribution is 2.27. The van der Waals surface area contributed by atoms with Crippen LogP contribution >= 0.6 is 0 Å². The lowest BCUT2D eigenvalue weighted by Gasteiger charge is -2.32. The molecule has 0 heterocycles. The minimum Gasteiger partial charge on any atom is -0.493 e. The zero-order chi connectivity index (χ0) is 29.1. The van der Waals surface area contributed by atoms with E-state index in [0.29, 0.717) is 24.5 Å². The summed E-state index contributed by atoms with van der Waals surface area (Å²) in [5, 5.41) is 2.99. The minimum absolute atomic E-state index is 0.151. The Morgan fingerprint density at radius 1 is 0.850 bits per heavy atom. The van der Waals surface area contributed by atoms with Crippen LogP contribution in [0.1, 0.15) is 16.7 Å². The van der Waals surface area contributed by atoms with Crippen LogP contribution in [-0.4, -0.2) is 76.1 Å². The molecule has 0 aliphatic carbocycles. The SMILES string of the molecule is COc1ccc(CCNC(=O)[C@@H](Cc2ccccc2)N(Cc2ccccc2)C(=O)CN(C)S(C)(=O)=O)cc1OC. The fraction of sp³-hybridized carbons (Fsp3) is 0.333. The third kappa shape index (κ3) is 8.82. The molecule has 0 bridgehead atoms. The highest BCUT2D eigenvalue weighted by Gasteiger charge is 2.31. The van der Waals surface area contributed by atoms with Crippen LogP contribution in [0.3, 0.4) is 0 Å². The Morgan fingerprint density at radius 2 is 1.45 bits per heavy atom. The van der Waals surface area contributed by atoms with Crippen LogP contribution < -0.4 is 14.8 Å². The molecule has 0 spiro atoms. The van der Waals surface area contributed by atoms with Crippen LogP contribution in [0.15, 0.2) is 78.9 Å². The van der Waals surface area contributed by atoms with E-state index in [2.05, 4.69) is 5.32 Å². The molecule has 40 heavy (non-hydrogen) atoms. The molecule has 0 aliphatic rings. The molecule has 0 radical (unpaired) electrons. The number of carbonyl (C=O) groups is 2. The Morgan fingerprint density at radius 3 is 2.02 bits per heavy atom. The number of amides is 2. The molecule has 3 aromatic carbocycles. The number of nitrogens with one attached hydrogen (secondary N) is 1. The predicted octanol–water partition coefficient (Wildman–Crippen LogP) is 2.89. The van der Waals surface area contributed by atoms with Gasteiger partial charge < -0.3 is 19.7 Å². The van der Waals surface area contributed by atoms with Gasteiger partial charge in [0, 0.05) is 26.6 Å². The van der Waals surface area contributed by atoms with Gasteiger partial charge in [0.15, 0.2) is 11.5 Å². The molecule has 0 unspecified atom stereocenters. The van der Waals surface area contributed by atoms with Gasteiger partial charge in [-0.15, -0.1) is 0 Å². The number of benzene rings is 3. The van der Waals surface area contributed by atoms with Crippen molar-refractivity contribution in [2.24, 2.45) is 0 Å². The average molecular weight is 568 g/mol. The van der Waals surface area contributed by atoms with E-state index in [4.69, 9.17) is 9.47 Å². The van der Waals surface area contributed by atoms with Crippen molar-refractivity contribution < 1.29 is 27.5 Å². The molecule has 1 atom stereocenters. The van der Waals surface area contributed by atoms with Gasteiger partial charge in [-0.05, 0) is 35.2 Å². The molecular weight excluding hydrogens is 530 g/mol. The highest BCUT2D eigenvalue weighted by atomic mass is 32.2. The summed E-state index contributed by atoms with van der Waals surface area (Å²) in [6.07, 6.45) is 1.85. The molecular formula is C30H37N3O6S. The monoisotopic (exact) mass is 567 g/mol. The lowest BCUT2D eigenvalue weighted by atomic mass is 10.0. The van der Waals surface area contributed by atoms with Crippen LogP contribution in [0.25, 0.3) is 0 Å². The molecule has 9 nitrogen and oxygen atoms in total. The standard InChI is InChI=1S/C30H37N3O6S/c1-32(40(4,36)37)22-29(34)33(21-25-13-9-6-10-14-25)26(19-23-11-7-5-8-12-23)30(35)31-18-17-24-15-16-27(38-2)28(20-24)39-3/h5-16,20,26H,17-19,21-22H2,1-4H3,(H,31,35)/t26-/m1/s1. The van der Waals surface area contributed by atoms with Gasteiger partial charge in [0.1, 0.15) is 6.04 Å². The number of sulfonamides is 1. The Labute approximate surface area is 236 Å². The summed E-state index contributed by atoms with van der Waals surface area (Å²) in [5.41, 5.74) is 2.66. The van der Waals surface area contributed by atoms with E-state index in [1.54, 1.807) is 14.2 Å². The quantitative estimate of drug-likeness (QED) is 0.321. The number of ether oxygens (including phenoxy) is 2. The van der Waals surface area contributed by atoms with Crippen molar-refractivity contribution in [3.8, 4) is 11.5 Å². The third-order valence-electron chi connectivity index (χ3n) is 6.55. The van der Waals surface area contributed by atoms with Crippen molar-refractivity contribution in [3.63, 3.8) is 0 Å². The van der Waals surface area contributed by atoms with Crippen LogP contribution in [0, 0.1) is 0 Å². The van der Waals surface area contributed by atoms with Crippen LogP contribution in [-0.2, 0) is 39.0 Å². The number of methoxy groups -OCH3 is 2. The number of nitrogens with zero attached hydrogens (tertiary/aromatic N) is 2. The van der Waals surface area contributed by atoms with E-state index in [-0.39, 0.29) is 25.4 Å². The molecule has 3 rings (SSSR count). The highest BCUT2D eigenvalue weighted by molar-refractivity contribution is 7.88. The van der Waals surface area contributed by atoms with Gasteiger partial charge >= 0.3 is 0 Å². The molecule has 0 aliphatic heterocycles. The van der Waals surface area contributed by atoms with E-state index in [1.807, 2.05) is 78.9 Å². The zero-order valence-corrected chi connectivity index (χ0v) is 24.2. The van der Waals surface area contributed by atoms with E-state index in [1.165, 1.54) is 11.9 Å². The molecule has 2 amide bonds. The van der Waals surface area contributed by atoms with E-state index < -0.39 is 22.0 Å². The largest absolute Gasteiger partial charge is 0.493 e. The summed E-state index contributed by atoms with van der Waals surface area (Å²) in [6, 6.07) is 23.5.